The Balaban J connectivity index is 1.52. The van der Waals surface area contributed by atoms with Crippen LogP contribution >= 0.6 is 0 Å². The lowest BCUT2D eigenvalue weighted by Crippen LogP contribution is -2.48. The lowest BCUT2D eigenvalue weighted by Gasteiger charge is -2.32. The van der Waals surface area contributed by atoms with E-state index >= 15 is 0 Å². The summed E-state index contributed by atoms with van der Waals surface area (Å²) in [5.74, 6) is -1.05. The first-order chi connectivity index (χ1) is 12.0. The highest BCUT2D eigenvalue weighted by atomic mass is 19.1. The molecule has 6 nitrogen and oxygen atoms in total. The van der Waals surface area contributed by atoms with Crippen LogP contribution in [-0.2, 0) is 14.3 Å². The number of anilines is 1. The van der Waals surface area contributed by atoms with E-state index in [1.807, 2.05) is 0 Å². The Labute approximate surface area is 146 Å². The molecule has 25 heavy (non-hydrogen) atoms. The highest BCUT2D eigenvalue weighted by Gasteiger charge is 2.35. The quantitative estimate of drug-likeness (QED) is 0.862. The van der Waals surface area contributed by atoms with Crippen LogP contribution in [0.1, 0.15) is 13.3 Å². The lowest BCUT2D eigenvalue weighted by molar-refractivity contribution is -0.126. The highest BCUT2D eigenvalue weighted by molar-refractivity contribution is 6.00. The summed E-state index contributed by atoms with van der Waals surface area (Å²) in [5, 5.41) is 2.95. The van der Waals surface area contributed by atoms with Crippen molar-refractivity contribution in [2.24, 2.45) is 5.92 Å². The molecule has 7 heteroatoms. The summed E-state index contributed by atoms with van der Waals surface area (Å²) in [6.07, 6.45) is 0.161. The van der Waals surface area contributed by atoms with Crippen LogP contribution in [0.2, 0.25) is 0 Å². The van der Waals surface area contributed by atoms with Crippen LogP contribution in [0.5, 0.6) is 0 Å². The van der Waals surface area contributed by atoms with Crippen molar-refractivity contribution in [1.82, 2.24) is 10.2 Å². The summed E-state index contributed by atoms with van der Waals surface area (Å²) in [4.78, 5) is 28.4. The first kappa shape index (κ1) is 17.8. The van der Waals surface area contributed by atoms with Crippen LogP contribution in [0.3, 0.4) is 0 Å². The number of ether oxygens (including phenoxy) is 1. The Morgan fingerprint density at radius 1 is 1.40 bits per heavy atom. The van der Waals surface area contributed by atoms with E-state index in [1.165, 1.54) is 17.0 Å². The van der Waals surface area contributed by atoms with Gasteiger partial charge in [0.1, 0.15) is 5.82 Å². The monoisotopic (exact) mass is 349 g/mol. The van der Waals surface area contributed by atoms with Gasteiger partial charge in [0.15, 0.2) is 0 Å². The van der Waals surface area contributed by atoms with Crippen molar-refractivity contribution in [3.63, 3.8) is 0 Å². The number of nitrogens with one attached hydrogen (secondary N) is 1. The molecule has 2 atom stereocenters. The molecule has 0 radical (unpaired) electrons. The SMILES string of the molecule is C[C@H](CNC(=O)[C@H]1CC(=O)N(c2cccc(F)c2)C1)N1CCOCC1. The number of carbonyl (C=O) groups is 2. The van der Waals surface area contributed by atoms with Gasteiger partial charge in [0.2, 0.25) is 11.8 Å². The Morgan fingerprint density at radius 2 is 2.16 bits per heavy atom. The third-order valence-corrected chi connectivity index (χ3v) is 4.86. The van der Waals surface area contributed by atoms with Crippen molar-refractivity contribution >= 4 is 17.5 Å². The molecule has 0 aromatic heterocycles. The van der Waals surface area contributed by atoms with Crippen LogP contribution in [0.15, 0.2) is 24.3 Å². The van der Waals surface area contributed by atoms with E-state index in [2.05, 4.69) is 17.1 Å². The normalized spacial score (nSPS) is 22.9. The van der Waals surface area contributed by atoms with E-state index in [0.717, 1.165) is 26.3 Å². The number of morpholine rings is 1. The summed E-state index contributed by atoms with van der Waals surface area (Å²) in [6, 6.07) is 6.13. The Kier molecular flexibility index (Phi) is 5.65. The van der Waals surface area contributed by atoms with Crippen LogP contribution in [0, 0.1) is 11.7 Å². The first-order valence-electron chi connectivity index (χ1n) is 8.70. The van der Waals surface area contributed by atoms with Crippen molar-refractivity contribution in [3.05, 3.63) is 30.1 Å². The average Bonchev–Trinajstić information content (AvgIpc) is 3.02. The third-order valence-electron chi connectivity index (χ3n) is 4.86. The van der Waals surface area contributed by atoms with Gasteiger partial charge in [-0.05, 0) is 25.1 Å². The summed E-state index contributed by atoms with van der Waals surface area (Å²) in [5.41, 5.74) is 0.502. The topological polar surface area (TPSA) is 61.9 Å². The first-order valence-corrected chi connectivity index (χ1v) is 8.70. The molecule has 2 aliphatic heterocycles. The minimum atomic E-state index is -0.396. The summed E-state index contributed by atoms with van der Waals surface area (Å²) in [7, 11) is 0. The fraction of sp³-hybridized carbons (Fsp3) is 0.556. The maximum absolute atomic E-state index is 13.4. The zero-order valence-electron chi connectivity index (χ0n) is 14.4. The van der Waals surface area contributed by atoms with E-state index in [-0.39, 0.29) is 24.3 Å². The van der Waals surface area contributed by atoms with Gasteiger partial charge in [-0.1, -0.05) is 6.07 Å². The van der Waals surface area contributed by atoms with Gasteiger partial charge in [0.25, 0.3) is 0 Å². The second-order valence-electron chi connectivity index (χ2n) is 6.63. The number of hydrogen-bond donors (Lipinski definition) is 1. The zero-order valence-corrected chi connectivity index (χ0v) is 14.4. The number of carbonyl (C=O) groups excluding carboxylic acids is 2. The molecule has 0 spiro atoms. The Hall–Kier alpha value is -1.99. The van der Waals surface area contributed by atoms with Gasteiger partial charge in [0, 0.05) is 44.3 Å². The van der Waals surface area contributed by atoms with Gasteiger partial charge in [-0.15, -0.1) is 0 Å². The maximum atomic E-state index is 13.4. The minimum absolute atomic E-state index is 0.118. The van der Waals surface area contributed by atoms with Gasteiger partial charge < -0.3 is 15.0 Å². The van der Waals surface area contributed by atoms with Gasteiger partial charge >= 0.3 is 0 Å². The maximum Gasteiger partial charge on any atom is 0.227 e. The van der Waals surface area contributed by atoms with Crippen molar-refractivity contribution in [3.8, 4) is 0 Å². The summed E-state index contributed by atoms with van der Waals surface area (Å²) in [6.45, 7) is 6.09. The van der Waals surface area contributed by atoms with Gasteiger partial charge in [-0.3, -0.25) is 14.5 Å². The smallest absolute Gasteiger partial charge is 0.227 e. The predicted molar refractivity (Wildman–Crippen MR) is 91.7 cm³/mol. The van der Waals surface area contributed by atoms with Gasteiger partial charge in [0.05, 0.1) is 19.1 Å². The highest BCUT2D eigenvalue weighted by Crippen LogP contribution is 2.25. The van der Waals surface area contributed by atoms with Crippen LogP contribution in [0.25, 0.3) is 0 Å². The molecule has 2 aliphatic rings. The third kappa shape index (κ3) is 4.35. The molecular formula is C18H24FN3O3. The second kappa shape index (κ2) is 7.93. The number of halogens is 1. The van der Waals surface area contributed by atoms with Crippen molar-refractivity contribution in [2.45, 2.75) is 19.4 Å². The van der Waals surface area contributed by atoms with E-state index in [0.29, 0.717) is 18.8 Å². The Bertz CT molecular complexity index is 634. The van der Waals surface area contributed by atoms with E-state index in [4.69, 9.17) is 4.74 Å². The standard InChI is InChI=1S/C18H24FN3O3/c1-13(21-5-7-25-8-6-21)11-20-18(24)14-9-17(23)22(12-14)16-4-2-3-15(19)10-16/h2-4,10,13-14H,5-9,11-12H2,1H3,(H,20,24)/t13-,14+/m1/s1. The molecule has 3 rings (SSSR count). The fourth-order valence-corrected chi connectivity index (χ4v) is 3.32. The zero-order chi connectivity index (χ0) is 17.8. The van der Waals surface area contributed by atoms with Crippen LogP contribution < -0.4 is 10.2 Å². The van der Waals surface area contributed by atoms with Gasteiger partial charge in [-0.2, -0.15) is 0 Å². The lowest BCUT2D eigenvalue weighted by atomic mass is 10.1. The number of rotatable bonds is 5. The van der Waals surface area contributed by atoms with Crippen molar-refractivity contribution in [2.75, 3.05) is 44.3 Å². The van der Waals surface area contributed by atoms with Gasteiger partial charge in [-0.25, -0.2) is 4.39 Å². The Morgan fingerprint density at radius 3 is 2.88 bits per heavy atom. The number of nitrogens with zero attached hydrogens (tertiary/aromatic N) is 2. The molecule has 2 saturated heterocycles. The summed E-state index contributed by atoms with van der Waals surface area (Å²) < 4.78 is 18.7. The molecule has 0 bridgehead atoms. The van der Waals surface area contributed by atoms with Crippen molar-refractivity contribution < 1.29 is 18.7 Å². The molecule has 2 amide bonds. The fourth-order valence-electron chi connectivity index (χ4n) is 3.32. The molecule has 2 fully saturated rings. The molecule has 2 heterocycles. The average molecular weight is 349 g/mol. The molecule has 1 aromatic carbocycles. The molecule has 0 unspecified atom stereocenters. The molecule has 0 saturated carbocycles. The summed E-state index contributed by atoms with van der Waals surface area (Å²) >= 11 is 0. The van der Waals surface area contributed by atoms with Crippen LogP contribution in [-0.4, -0.2) is 62.1 Å². The molecule has 1 aromatic rings. The predicted octanol–water partition coefficient (Wildman–Crippen LogP) is 1.02. The second-order valence-corrected chi connectivity index (χ2v) is 6.63. The van der Waals surface area contributed by atoms with E-state index < -0.39 is 11.7 Å². The molecule has 0 aliphatic carbocycles. The molecule has 136 valence electrons. The van der Waals surface area contributed by atoms with E-state index in [1.54, 1.807) is 12.1 Å². The molecular weight excluding hydrogens is 325 g/mol. The largest absolute Gasteiger partial charge is 0.379 e. The van der Waals surface area contributed by atoms with Crippen LogP contribution in [0.4, 0.5) is 10.1 Å². The molecule has 1 N–H and O–H groups in total. The van der Waals surface area contributed by atoms with E-state index in [9.17, 15) is 14.0 Å². The minimum Gasteiger partial charge on any atom is -0.379 e. The number of hydrogen-bond acceptors (Lipinski definition) is 4. The number of benzene rings is 1. The number of amides is 2. The van der Waals surface area contributed by atoms with Crippen molar-refractivity contribution in [1.29, 1.82) is 0 Å².